The summed E-state index contributed by atoms with van der Waals surface area (Å²) in [6.07, 6.45) is -1.25. The lowest BCUT2D eigenvalue weighted by Crippen LogP contribution is -2.43. The zero-order valence-electron chi connectivity index (χ0n) is 11.1. The van der Waals surface area contributed by atoms with Crippen molar-refractivity contribution in [3.63, 3.8) is 0 Å². The summed E-state index contributed by atoms with van der Waals surface area (Å²) >= 11 is 0. The maximum atomic E-state index is 9.99. The van der Waals surface area contributed by atoms with Gasteiger partial charge in [0.1, 0.15) is 6.10 Å². The second-order valence-electron chi connectivity index (χ2n) is 4.92. The summed E-state index contributed by atoms with van der Waals surface area (Å²) in [4.78, 5) is 2.31. The van der Waals surface area contributed by atoms with Crippen molar-refractivity contribution in [2.75, 3.05) is 37.6 Å². The number of rotatable bonds is 5. The fraction of sp³-hybridized carbons (Fsp3) is 0.571. The number of nitrogens with two attached hydrogens (primary N) is 1. The maximum absolute atomic E-state index is 9.99. The van der Waals surface area contributed by atoms with Crippen LogP contribution in [0.15, 0.2) is 24.3 Å². The monoisotopic (exact) mass is 265 g/mol. The molecule has 0 aliphatic carbocycles. The highest BCUT2D eigenvalue weighted by Gasteiger charge is 2.18. The summed E-state index contributed by atoms with van der Waals surface area (Å²) in [7, 11) is 0. The fourth-order valence-electron chi connectivity index (χ4n) is 2.36. The molecule has 5 nitrogen and oxygen atoms in total. The van der Waals surface area contributed by atoms with Gasteiger partial charge in [0, 0.05) is 31.9 Å². The number of aliphatic hydroxyl groups excluding tert-OH is 2. The molecule has 1 saturated heterocycles. The predicted octanol–water partition coefficient (Wildman–Crippen LogP) is -0.161. The minimum atomic E-state index is -0.861. The van der Waals surface area contributed by atoms with E-state index in [2.05, 4.69) is 10.2 Å². The number of hydrogen-bond acceptors (Lipinski definition) is 5. The number of hydrogen-bond donors (Lipinski definition) is 4. The molecule has 2 atom stereocenters. The largest absolute Gasteiger partial charge is 0.390 e. The molecule has 5 N–H and O–H groups in total. The highest BCUT2D eigenvalue weighted by Crippen LogP contribution is 2.22. The van der Waals surface area contributed by atoms with E-state index < -0.39 is 12.2 Å². The van der Waals surface area contributed by atoms with Crippen LogP contribution in [0.5, 0.6) is 0 Å². The maximum Gasteiger partial charge on any atom is 0.105 e. The van der Waals surface area contributed by atoms with Gasteiger partial charge < -0.3 is 26.2 Å². The molecule has 1 heterocycles. The second kappa shape index (κ2) is 6.86. The SMILES string of the molecule is NCCC(O)C(O)c1ccc(N2CCNCC2)cc1. The molecular weight excluding hydrogens is 242 g/mol. The number of aliphatic hydroxyl groups is 2. The van der Waals surface area contributed by atoms with Crippen LogP contribution in [0.3, 0.4) is 0 Å². The molecule has 0 amide bonds. The van der Waals surface area contributed by atoms with E-state index in [0.717, 1.165) is 37.4 Å². The average Bonchev–Trinajstić information content (AvgIpc) is 2.48. The van der Waals surface area contributed by atoms with Gasteiger partial charge in [0.2, 0.25) is 0 Å². The van der Waals surface area contributed by atoms with Gasteiger partial charge in [-0.1, -0.05) is 12.1 Å². The standard InChI is InChI=1S/C14H23N3O2/c15-6-5-13(18)14(19)11-1-3-12(4-2-11)17-9-7-16-8-10-17/h1-4,13-14,16,18-19H,5-10,15H2. The molecule has 0 saturated carbocycles. The van der Waals surface area contributed by atoms with Gasteiger partial charge in [-0.15, -0.1) is 0 Å². The molecule has 1 fully saturated rings. The number of benzene rings is 1. The summed E-state index contributed by atoms with van der Waals surface area (Å²) in [5, 5.41) is 23.0. The van der Waals surface area contributed by atoms with Gasteiger partial charge >= 0.3 is 0 Å². The molecule has 0 aromatic heterocycles. The Hall–Kier alpha value is -1.14. The lowest BCUT2D eigenvalue weighted by Gasteiger charge is -2.29. The topological polar surface area (TPSA) is 81.8 Å². The molecular formula is C14H23N3O2. The van der Waals surface area contributed by atoms with Crippen LogP contribution in [-0.2, 0) is 0 Å². The van der Waals surface area contributed by atoms with Crippen LogP contribution in [0, 0.1) is 0 Å². The first-order valence-corrected chi connectivity index (χ1v) is 6.84. The minimum Gasteiger partial charge on any atom is -0.390 e. The van der Waals surface area contributed by atoms with Gasteiger partial charge in [0.05, 0.1) is 6.10 Å². The van der Waals surface area contributed by atoms with Gasteiger partial charge in [-0.2, -0.15) is 0 Å². The normalized spacial score (nSPS) is 19.2. The molecule has 5 heteroatoms. The minimum absolute atomic E-state index is 0.372. The van der Waals surface area contributed by atoms with Gasteiger partial charge in [-0.05, 0) is 30.7 Å². The fourth-order valence-corrected chi connectivity index (χ4v) is 2.36. The van der Waals surface area contributed by atoms with Gasteiger partial charge in [-0.25, -0.2) is 0 Å². The molecule has 1 aliphatic heterocycles. The molecule has 2 unspecified atom stereocenters. The molecule has 19 heavy (non-hydrogen) atoms. The van der Waals surface area contributed by atoms with Crippen LogP contribution >= 0.6 is 0 Å². The quantitative estimate of drug-likeness (QED) is 0.595. The Balaban J connectivity index is 2.01. The number of piperazine rings is 1. The third-order valence-electron chi connectivity index (χ3n) is 3.54. The molecule has 2 rings (SSSR count). The van der Waals surface area contributed by atoms with Crippen molar-refractivity contribution in [2.24, 2.45) is 5.73 Å². The van der Waals surface area contributed by atoms with Crippen molar-refractivity contribution in [2.45, 2.75) is 18.6 Å². The molecule has 0 bridgehead atoms. The number of anilines is 1. The Labute approximate surface area is 114 Å². The van der Waals surface area contributed by atoms with E-state index in [0.29, 0.717) is 13.0 Å². The average molecular weight is 265 g/mol. The zero-order valence-corrected chi connectivity index (χ0v) is 11.1. The Bertz CT molecular complexity index is 377. The summed E-state index contributed by atoms with van der Waals surface area (Å²) < 4.78 is 0. The van der Waals surface area contributed by atoms with Crippen LogP contribution < -0.4 is 16.0 Å². The van der Waals surface area contributed by atoms with Crippen molar-refractivity contribution in [3.05, 3.63) is 29.8 Å². The Morgan fingerprint density at radius 3 is 2.37 bits per heavy atom. The smallest absolute Gasteiger partial charge is 0.105 e. The van der Waals surface area contributed by atoms with E-state index in [1.807, 2.05) is 24.3 Å². The Kier molecular flexibility index (Phi) is 5.15. The molecule has 106 valence electrons. The van der Waals surface area contributed by atoms with E-state index in [1.165, 1.54) is 0 Å². The summed E-state index contributed by atoms with van der Waals surface area (Å²) in [6.45, 7) is 4.37. The van der Waals surface area contributed by atoms with Crippen LogP contribution in [0.1, 0.15) is 18.1 Å². The van der Waals surface area contributed by atoms with Crippen LogP contribution in [-0.4, -0.2) is 49.0 Å². The summed E-state index contributed by atoms with van der Waals surface area (Å²) in [5.41, 5.74) is 7.28. The molecule has 0 radical (unpaired) electrons. The second-order valence-corrected chi connectivity index (χ2v) is 4.92. The van der Waals surface area contributed by atoms with Crippen LogP contribution in [0.4, 0.5) is 5.69 Å². The van der Waals surface area contributed by atoms with Crippen molar-refractivity contribution >= 4 is 5.69 Å². The third-order valence-corrected chi connectivity index (χ3v) is 3.54. The number of nitrogens with one attached hydrogen (secondary N) is 1. The van der Waals surface area contributed by atoms with Gasteiger partial charge in [0.15, 0.2) is 0 Å². The third kappa shape index (κ3) is 3.67. The highest BCUT2D eigenvalue weighted by molar-refractivity contribution is 5.48. The first-order chi connectivity index (χ1) is 9.22. The van der Waals surface area contributed by atoms with E-state index in [9.17, 15) is 10.2 Å². The van der Waals surface area contributed by atoms with E-state index >= 15 is 0 Å². The number of nitrogens with zero attached hydrogens (tertiary/aromatic N) is 1. The predicted molar refractivity (Wildman–Crippen MR) is 76.2 cm³/mol. The zero-order chi connectivity index (χ0) is 13.7. The van der Waals surface area contributed by atoms with Crippen molar-refractivity contribution in [1.82, 2.24) is 5.32 Å². The van der Waals surface area contributed by atoms with Gasteiger partial charge in [-0.3, -0.25) is 0 Å². The van der Waals surface area contributed by atoms with E-state index in [4.69, 9.17) is 5.73 Å². The van der Waals surface area contributed by atoms with Crippen molar-refractivity contribution in [1.29, 1.82) is 0 Å². The van der Waals surface area contributed by atoms with Crippen LogP contribution in [0.2, 0.25) is 0 Å². The van der Waals surface area contributed by atoms with Crippen molar-refractivity contribution < 1.29 is 10.2 Å². The Morgan fingerprint density at radius 2 is 1.79 bits per heavy atom. The molecule has 1 aromatic carbocycles. The summed E-state index contributed by atoms with van der Waals surface area (Å²) in [5.74, 6) is 0. The lowest BCUT2D eigenvalue weighted by molar-refractivity contribution is 0.0150. The van der Waals surface area contributed by atoms with Crippen LogP contribution in [0.25, 0.3) is 0 Å². The van der Waals surface area contributed by atoms with Gasteiger partial charge in [0.25, 0.3) is 0 Å². The molecule has 1 aromatic rings. The first kappa shape index (κ1) is 14.3. The molecule has 0 spiro atoms. The first-order valence-electron chi connectivity index (χ1n) is 6.84. The lowest BCUT2D eigenvalue weighted by atomic mass is 10.0. The highest BCUT2D eigenvalue weighted by atomic mass is 16.3. The summed E-state index contributed by atoms with van der Waals surface area (Å²) in [6, 6.07) is 7.75. The molecule has 1 aliphatic rings. The van der Waals surface area contributed by atoms with E-state index in [1.54, 1.807) is 0 Å². The van der Waals surface area contributed by atoms with E-state index in [-0.39, 0.29) is 0 Å². The Morgan fingerprint density at radius 1 is 1.16 bits per heavy atom. The van der Waals surface area contributed by atoms with Crippen molar-refractivity contribution in [3.8, 4) is 0 Å².